The Morgan fingerprint density at radius 1 is 0.933 bits per heavy atom. The van der Waals surface area contributed by atoms with Gasteiger partial charge in [0.1, 0.15) is 5.82 Å². The number of fused-ring (bicyclic) bond motifs is 1. The highest BCUT2D eigenvalue weighted by atomic mass is 79.9. The maximum Gasteiger partial charge on any atom is 0.339 e. The smallest absolute Gasteiger partial charge is 0.339 e. The number of para-hydroxylation sites is 1. The number of nitrogens with zero attached hydrogens (tertiary/aromatic N) is 1. The number of pyridine rings is 1. The van der Waals surface area contributed by atoms with Crippen molar-refractivity contribution in [3.8, 4) is 11.3 Å². The highest BCUT2D eigenvalue weighted by molar-refractivity contribution is 9.10. The summed E-state index contributed by atoms with van der Waals surface area (Å²) in [6.45, 7) is -0.437. The second-order valence-electron chi connectivity index (χ2n) is 6.59. The number of carbonyl (C=O) groups is 2. The summed E-state index contributed by atoms with van der Waals surface area (Å²) in [5.74, 6) is -1.47. The second-order valence-corrected chi connectivity index (χ2v) is 7.50. The van der Waals surface area contributed by atoms with E-state index >= 15 is 0 Å². The van der Waals surface area contributed by atoms with Gasteiger partial charge in [-0.25, -0.2) is 14.2 Å². The van der Waals surface area contributed by atoms with Crippen molar-refractivity contribution >= 4 is 38.6 Å². The maximum absolute atomic E-state index is 13.0. The summed E-state index contributed by atoms with van der Waals surface area (Å²) in [4.78, 5) is 29.7. The van der Waals surface area contributed by atoms with Crippen LogP contribution in [0.25, 0.3) is 22.2 Å². The third kappa shape index (κ3) is 4.28. The number of ether oxygens (including phenoxy) is 1. The molecule has 0 bridgehead atoms. The van der Waals surface area contributed by atoms with Gasteiger partial charge in [0.25, 0.3) is 0 Å². The molecule has 0 aliphatic heterocycles. The molecule has 1 heterocycles. The number of ketones is 1. The lowest BCUT2D eigenvalue weighted by Crippen LogP contribution is -2.15. The molecule has 0 unspecified atom stereocenters. The van der Waals surface area contributed by atoms with Gasteiger partial charge in [0.15, 0.2) is 12.4 Å². The Bertz CT molecular complexity index is 1260. The Morgan fingerprint density at radius 3 is 2.47 bits per heavy atom. The Balaban J connectivity index is 1.64. The van der Waals surface area contributed by atoms with Crippen molar-refractivity contribution in [1.29, 1.82) is 0 Å². The van der Waals surface area contributed by atoms with E-state index < -0.39 is 24.2 Å². The number of hydrogen-bond acceptors (Lipinski definition) is 4. The Morgan fingerprint density at radius 2 is 1.70 bits per heavy atom. The predicted octanol–water partition coefficient (Wildman–Crippen LogP) is 5.84. The van der Waals surface area contributed by atoms with E-state index in [-0.39, 0.29) is 5.56 Å². The molecule has 148 valence electrons. The van der Waals surface area contributed by atoms with Crippen molar-refractivity contribution in [2.45, 2.75) is 0 Å². The molecule has 1 aromatic heterocycles. The van der Waals surface area contributed by atoms with Crippen LogP contribution in [0.2, 0.25) is 0 Å². The minimum absolute atomic E-state index is 0.276. The monoisotopic (exact) mass is 463 g/mol. The minimum Gasteiger partial charge on any atom is -0.454 e. The SMILES string of the molecule is O=C(COC(=O)c1cc(-c2cccc(Br)c2)nc2ccccc12)c1ccc(F)cc1. The second kappa shape index (κ2) is 8.55. The Hall–Kier alpha value is -3.38. The van der Waals surface area contributed by atoms with Crippen molar-refractivity contribution < 1.29 is 18.7 Å². The molecule has 4 aromatic rings. The summed E-state index contributed by atoms with van der Waals surface area (Å²) in [5, 5.41) is 0.635. The first-order valence-electron chi connectivity index (χ1n) is 9.13. The van der Waals surface area contributed by atoms with E-state index in [0.29, 0.717) is 22.2 Å². The molecule has 0 amide bonds. The number of halogens is 2. The predicted molar refractivity (Wildman–Crippen MR) is 116 cm³/mol. The molecule has 0 aliphatic rings. The van der Waals surface area contributed by atoms with Crippen molar-refractivity contribution in [2.75, 3.05) is 6.61 Å². The first-order valence-corrected chi connectivity index (χ1v) is 9.92. The van der Waals surface area contributed by atoms with Crippen molar-refractivity contribution in [1.82, 2.24) is 4.98 Å². The van der Waals surface area contributed by atoms with Gasteiger partial charge in [-0.05, 0) is 48.5 Å². The van der Waals surface area contributed by atoms with Crippen LogP contribution in [0.3, 0.4) is 0 Å². The molecule has 0 atom stereocenters. The van der Waals surface area contributed by atoms with Crippen molar-refractivity contribution in [3.63, 3.8) is 0 Å². The molecule has 0 saturated carbocycles. The molecule has 0 aliphatic carbocycles. The van der Waals surface area contributed by atoms with E-state index in [4.69, 9.17) is 4.74 Å². The maximum atomic E-state index is 13.0. The molecule has 0 saturated heterocycles. The van der Waals surface area contributed by atoms with Crippen LogP contribution in [0, 0.1) is 5.82 Å². The number of carbonyl (C=O) groups excluding carboxylic acids is 2. The molecule has 0 fully saturated rings. The topological polar surface area (TPSA) is 56.3 Å². The van der Waals surface area contributed by atoms with E-state index in [1.54, 1.807) is 12.1 Å². The number of esters is 1. The van der Waals surface area contributed by atoms with Crippen LogP contribution >= 0.6 is 15.9 Å². The van der Waals surface area contributed by atoms with Crippen LogP contribution in [0.1, 0.15) is 20.7 Å². The molecule has 30 heavy (non-hydrogen) atoms. The first kappa shape index (κ1) is 19.9. The molecule has 4 rings (SSSR count). The number of hydrogen-bond donors (Lipinski definition) is 0. The van der Waals surface area contributed by atoms with Crippen LogP contribution in [0.5, 0.6) is 0 Å². The quantitative estimate of drug-likeness (QED) is 0.275. The lowest BCUT2D eigenvalue weighted by atomic mass is 10.0. The summed E-state index contributed by atoms with van der Waals surface area (Å²) in [5.41, 5.74) is 2.70. The fourth-order valence-corrected chi connectivity index (χ4v) is 3.47. The van der Waals surface area contributed by atoms with E-state index in [1.165, 1.54) is 24.3 Å². The van der Waals surface area contributed by atoms with Gasteiger partial charge in [-0.1, -0.05) is 46.3 Å². The van der Waals surface area contributed by atoms with Gasteiger partial charge in [0.2, 0.25) is 0 Å². The average Bonchev–Trinajstić information content (AvgIpc) is 2.77. The summed E-state index contributed by atoms with van der Waals surface area (Å²) in [6, 6.07) is 21.6. The Labute approximate surface area is 180 Å². The van der Waals surface area contributed by atoms with Crippen LogP contribution in [-0.4, -0.2) is 23.3 Å². The van der Waals surface area contributed by atoms with Crippen LogP contribution < -0.4 is 0 Å². The highest BCUT2D eigenvalue weighted by Crippen LogP contribution is 2.27. The van der Waals surface area contributed by atoms with Crippen molar-refractivity contribution in [2.24, 2.45) is 0 Å². The van der Waals surface area contributed by atoms with Gasteiger partial charge in [0.05, 0.1) is 16.8 Å². The first-order chi connectivity index (χ1) is 14.5. The van der Waals surface area contributed by atoms with Gasteiger partial charge in [0, 0.05) is 21.0 Å². The van der Waals surface area contributed by atoms with Crippen LogP contribution in [0.15, 0.2) is 83.3 Å². The van der Waals surface area contributed by atoms with E-state index in [9.17, 15) is 14.0 Å². The zero-order valence-electron chi connectivity index (χ0n) is 15.6. The lowest BCUT2D eigenvalue weighted by molar-refractivity contribution is 0.0476. The molecule has 3 aromatic carbocycles. The molecule has 0 N–H and O–H groups in total. The summed E-state index contributed by atoms with van der Waals surface area (Å²) in [7, 11) is 0. The normalized spacial score (nSPS) is 10.7. The molecule has 0 radical (unpaired) electrons. The third-order valence-electron chi connectivity index (χ3n) is 4.56. The Kier molecular flexibility index (Phi) is 5.68. The fourth-order valence-electron chi connectivity index (χ4n) is 3.07. The third-order valence-corrected chi connectivity index (χ3v) is 5.05. The lowest BCUT2D eigenvalue weighted by Gasteiger charge is -2.10. The molecule has 4 nitrogen and oxygen atoms in total. The molecule has 0 spiro atoms. The van der Waals surface area contributed by atoms with Crippen molar-refractivity contribution in [3.05, 3.63) is 100 Å². The number of benzene rings is 3. The van der Waals surface area contributed by atoms with Gasteiger partial charge in [-0.2, -0.15) is 0 Å². The van der Waals surface area contributed by atoms with Crippen LogP contribution in [0.4, 0.5) is 4.39 Å². The van der Waals surface area contributed by atoms with E-state index in [1.807, 2.05) is 42.5 Å². The van der Waals surface area contributed by atoms with Crippen LogP contribution in [-0.2, 0) is 4.74 Å². The molecular formula is C24H15BrFNO3. The van der Waals surface area contributed by atoms with E-state index in [0.717, 1.165) is 10.0 Å². The summed E-state index contributed by atoms with van der Waals surface area (Å²) in [6.07, 6.45) is 0. The summed E-state index contributed by atoms with van der Waals surface area (Å²) >= 11 is 3.44. The fraction of sp³-hybridized carbons (Fsp3) is 0.0417. The zero-order valence-corrected chi connectivity index (χ0v) is 17.2. The standard InChI is InChI=1S/C24H15BrFNO3/c25-17-5-3-4-16(12-17)22-13-20(19-6-1-2-7-21(19)27-22)24(29)30-14-23(28)15-8-10-18(26)11-9-15/h1-13H,14H2. The minimum atomic E-state index is -0.625. The van der Waals surface area contributed by atoms with E-state index in [2.05, 4.69) is 20.9 Å². The zero-order chi connectivity index (χ0) is 21.1. The number of rotatable bonds is 5. The van der Waals surface area contributed by atoms with Gasteiger partial charge in [-0.15, -0.1) is 0 Å². The summed E-state index contributed by atoms with van der Waals surface area (Å²) < 4.78 is 19.2. The van der Waals surface area contributed by atoms with Gasteiger partial charge in [-0.3, -0.25) is 4.79 Å². The molecular weight excluding hydrogens is 449 g/mol. The average molecular weight is 464 g/mol. The van der Waals surface area contributed by atoms with Gasteiger partial charge >= 0.3 is 5.97 Å². The number of aromatic nitrogens is 1. The van der Waals surface area contributed by atoms with Gasteiger partial charge < -0.3 is 4.74 Å². The highest BCUT2D eigenvalue weighted by Gasteiger charge is 2.17. The number of Topliss-reactive ketones (excluding diaryl/α,β-unsaturated/α-hetero) is 1. The molecule has 6 heteroatoms. The largest absolute Gasteiger partial charge is 0.454 e.